The number of carbonyl (C=O) groups excluding carboxylic acids is 2. The summed E-state index contributed by atoms with van der Waals surface area (Å²) in [6.07, 6.45) is 2.58. The Kier molecular flexibility index (Phi) is 3.88. The van der Waals surface area contributed by atoms with E-state index >= 15 is 0 Å². The lowest BCUT2D eigenvalue weighted by Gasteiger charge is -2.30. The van der Waals surface area contributed by atoms with Crippen LogP contribution in [0.4, 0.5) is 0 Å². The Morgan fingerprint density at radius 3 is 2.53 bits per heavy atom. The molecule has 2 rings (SSSR count). The largest absolute Gasteiger partial charge is 0.508 e. The van der Waals surface area contributed by atoms with Gasteiger partial charge in [-0.15, -0.1) is 0 Å². The lowest BCUT2D eigenvalue weighted by atomic mass is 9.93. The first-order chi connectivity index (χ1) is 8.99. The van der Waals surface area contributed by atoms with Gasteiger partial charge in [-0.25, -0.2) is 0 Å². The van der Waals surface area contributed by atoms with Gasteiger partial charge in [-0.3, -0.25) is 9.59 Å². The maximum absolute atomic E-state index is 12.3. The van der Waals surface area contributed by atoms with Gasteiger partial charge < -0.3 is 10.0 Å². The zero-order valence-electron chi connectivity index (χ0n) is 11.3. The summed E-state index contributed by atoms with van der Waals surface area (Å²) in [7, 11) is 1.76. The van der Waals surface area contributed by atoms with E-state index in [1.165, 1.54) is 6.07 Å². The number of rotatable bonds is 2. The smallest absolute Gasteiger partial charge is 0.253 e. The molecule has 1 N–H and O–H groups in total. The van der Waals surface area contributed by atoms with Crippen LogP contribution in [-0.4, -0.2) is 34.8 Å². The highest BCUT2D eigenvalue weighted by atomic mass is 16.3. The molecule has 0 atom stereocenters. The predicted molar refractivity (Wildman–Crippen MR) is 72.2 cm³/mol. The first-order valence-corrected chi connectivity index (χ1v) is 6.57. The highest BCUT2D eigenvalue weighted by Crippen LogP contribution is 2.23. The molecule has 19 heavy (non-hydrogen) atoms. The topological polar surface area (TPSA) is 57.6 Å². The standard InChI is InChI=1S/C15H19NO3/c1-10-3-4-11(9-14(10)18)15(19)16(2)12-5-7-13(17)8-6-12/h3-4,9,12,18H,5-8H2,1-2H3. The number of phenolic OH excluding ortho intramolecular Hbond substituents is 1. The molecule has 102 valence electrons. The Hall–Kier alpha value is -1.84. The van der Waals surface area contributed by atoms with Crippen LogP contribution in [0.5, 0.6) is 5.75 Å². The molecule has 1 saturated carbocycles. The first kappa shape index (κ1) is 13.6. The fraction of sp³-hybridized carbons (Fsp3) is 0.467. The number of hydrogen-bond donors (Lipinski definition) is 1. The molecule has 1 fully saturated rings. The van der Waals surface area contributed by atoms with Gasteiger partial charge in [0.25, 0.3) is 5.91 Å². The van der Waals surface area contributed by atoms with Crippen molar-refractivity contribution >= 4 is 11.7 Å². The molecule has 0 radical (unpaired) electrons. The summed E-state index contributed by atoms with van der Waals surface area (Å²) in [6, 6.07) is 5.08. The van der Waals surface area contributed by atoms with Gasteiger partial charge in [0.05, 0.1) is 0 Å². The summed E-state index contributed by atoms with van der Waals surface area (Å²) in [5.41, 5.74) is 1.24. The van der Waals surface area contributed by atoms with E-state index in [9.17, 15) is 14.7 Å². The number of nitrogens with zero attached hydrogens (tertiary/aromatic N) is 1. The minimum atomic E-state index is -0.102. The molecule has 0 unspecified atom stereocenters. The Labute approximate surface area is 113 Å². The van der Waals surface area contributed by atoms with Gasteiger partial charge in [-0.1, -0.05) is 6.07 Å². The maximum Gasteiger partial charge on any atom is 0.253 e. The molecule has 0 spiro atoms. The van der Waals surface area contributed by atoms with Crippen LogP contribution in [0.15, 0.2) is 18.2 Å². The molecule has 4 heteroatoms. The van der Waals surface area contributed by atoms with E-state index in [0.29, 0.717) is 18.4 Å². The van der Waals surface area contributed by atoms with Crippen LogP contribution in [0.3, 0.4) is 0 Å². The molecular formula is C15H19NO3. The van der Waals surface area contributed by atoms with Gasteiger partial charge >= 0.3 is 0 Å². The number of amides is 1. The highest BCUT2D eigenvalue weighted by molar-refractivity contribution is 5.95. The SMILES string of the molecule is Cc1ccc(C(=O)N(C)C2CCC(=O)CC2)cc1O. The van der Waals surface area contributed by atoms with Gasteiger partial charge in [0, 0.05) is 31.5 Å². The van der Waals surface area contributed by atoms with Crippen LogP contribution in [-0.2, 0) is 4.79 Å². The third kappa shape index (κ3) is 2.95. The van der Waals surface area contributed by atoms with Crippen molar-refractivity contribution in [3.63, 3.8) is 0 Å². The van der Waals surface area contributed by atoms with Crippen LogP contribution in [0, 0.1) is 6.92 Å². The number of ketones is 1. The van der Waals surface area contributed by atoms with Gasteiger partial charge in [0.2, 0.25) is 0 Å². The predicted octanol–water partition coefficient (Wildman–Crippen LogP) is 2.28. The second-order valence-corrected chi connectivity index (χ2v) is 5.19. The number of Topliss-reactive ketones (excluding diaryl/α,β-unsaturated/α-hetero) is 1. The number of hydrogen-bond acceptors (Lipinski definition) is 3. The molecule has 1 aliphatic rings. The minimum absolute atomic E-state index is 0.102. The maximum atomic E-state index is 12.3. The van der Waals surface area contributed by atoms with Crippen LogP contribution < -0.4 is 0 Å². The van der Waals surface area contributed by atoms with E-state index in [4.69, 9.17) is 0 Å². The molecule has 0 bridgehead atoms. The van der Waals surface area contributed by atoms with Gasteiger partial charge in [-0.2, -0.15) is 0 Å². The fourth-order valence-corrected chi connectivity index (χ4v) is 2.42. The number of carbonyl (C=O) groups is 2. The Balaban J connectivity index is 2.10. The number of aryl methyl sites for hydroxylation is 1. The van der Waals surface area contributed by atoms with Crippen LogP contribution in [0.1, 0.15) is 41.6 Å². The number of phenols is 1. The van der Waals surface area contributed by atoms with E-state index in [0.717, 1.165) is 18.4 Å². The van der Waals surface area contributed by atoms with Crippen LogP contribution in [0.2, 0.25) is 0 Å². The lowest BCUT2D eigenvalue weighted by Crippen LogP contribution is -2.39. The molecule has 4 nitrogen and oxygen atoms in total. The summed E-state index contributed by atoms with van der Waals surface area (Å²) >= 11 is 0. The normalized spacial score (nSPS) is 16.4. The third-order valence-electron chi connectivity index (χ3n) is 3.84. The second kappa shape index (κ2) is 5.43. The van der Waals surface area contributed by atoms with Gasteiger partial charge in [0.15, 0.2) is 0 Å². The second-order valence-electron chi connectivity index (χ2n) is 5.19. The van der Waals surface area contributed by atoms with E-state index < -0.39 is 0 Å². The summed E-state index contributed by atoms with van der Waals surface area (Å²) in [4.78, 5) is 25.2. The van der Waals surface area contributed by atoms with Crippen molar-refractivity contribution in [1.29, 1.82) is 0 Å². The average Bonchev–Trinajstić information content (AvgIpc) is 2.41. The van der Waals surface area contributed by atoms with Crippen LogP contribution in [0.25, 0.3) is 0 Å². The number of benzene rings is 1. The molecule has 0 aliphatic heterocycles. The fourth-order valence-electron chi connectivity index (χ4n) is 2.42. The molecule has 0 aromatic heterocycles. The summed E-state index contributed by atoms with van der Waals surface area (Å²) in [5, 5.41) is 9.66. The Morgan fingerprint density at radius 1 is 1.32 bits per heavy atom. The van der Waals surface area contributed by atoms with Crippen molar-refractivity contribution in [3.8, 4) is 5.75 Å². The van der Waals surface area contributed by atoms with Crippen molar-refractivity contribution < 1.29 is 14.7 Å². The molecular weight excluding hydrogens is 242 g/mol. The Morgan fingerprint density at radius 2 is 1.95 bits per heavy atom. The summed E-state index contributed by atoms with van der Waals surface area (Å²) in [6.45, 7) is 1.79. The zero-order valence-corrected chi connectivity index (χ0v) is 11.3. The van der Waals surface area contributed by atoms with Crippen molar-refractivity contribution in [2.24, 2.45) is 0 Å². The highest BCUT2D eigenvalue weighted by Gasteiger charge is 2.26. The molecule has 1 aromatic rings. The minimum Gasteiger partial charge on any atom is -0.508 e. The quantitative estimate of drug-likeness (QED) is 0.888. The molecule has 1 aliphatic carbocycles. The molecule has 0 saturated heterocycles. The zero-order chi connectivity index (χ0) is 14.0. The van der Waals surface area contributed by atoms with Crippen LogP contribution >= 0.6 is 0 Å². The van der Waals surface area contributed by atoms with Crippen molar-refractivity contribution in [3.05, 3.63) is 29.3 Å². The summed E-state index contributed by atoms with van der Waals surface area (Å²) in [5.74, 6) is 0.317. The molecule has 1 amide bonds. The van der Waals surface area contributed by atoms with Gasteiger partial charge in [0.1, 0.15) is 11.5 Å². The van der Waals surface area contributed by atoms with E-state index in [1.54, 1.807) is 31.0 Å². The third-order valence-corrected chi connectivity index (χ3v) is 3.84. The van der Waals surface area contributed by atoms with Crippen molar-refractivity contribution in [2.75, 3.05) is 7.05 Å². The molecule has 1 aromatic carbocycles. The van der Waals surface area contributed by atoms with Crippen molar-refractivity contribution in [2.45, 2.75) is 38.6 Å². The van der Waals surface area contributed by atoms with Gasteiger partial charge in [-0.05, 0) is 37.5 Å². The van der Waals surface area contributed by atoms with E-state index in [1.807, 2.05) is 0 Å². The summed E-state index contributed by atoms with van der Waals surface area (Å²) < 4.78 is 0. The monoisotopic (exact) mass is 261 g/mol. The first-order valence-electron chi connectivity index (χ1n) is 6.57. The van der Waals surface area contributed by atoms with E-state index in [-0.39, 0.29) is 23.5 Å². The van der Waals surface area contributed by atoms with E-state index in [2.05, 4.69) is 0 Å². The lowest BCUT2D eigenvalue weighted by molar-refractivity contribution is -0.121. The Bertz CT molecular complexity index is 500. The number of aromatic hydroxyl groups is 1. The van der Waals surface area contributed by atoms with Crippen molar-refractivity contribution in [1.82, 2.24) is 4.90 Å². The molecule has 0 heterocycles. The average molecular weight is 261 g/mol.